The Balaban J connectivity index is 2.43. The Morgan fingerprint density at radius 1 is 1.47 bits per heavy atom. The van der Waals surface area contributed by atoms with Crippen LogP contribution in [-0.4, -0.2) is 32.3 Å². The number of rotatable bonds is 7. The van der Waals surface area contributed by atoms with Gasteiger partial charge in [-0.3, -0.25) is 4.79 Å². The van der Waals surface area contributed by atoms with E-state index in [0.29, 0.717) is 24.5 Å². The largest absolute Gasteiger partial charge is 0.385 e. The highest BCUT2D eigenvalue weighted by Crippen LogP contribution is 2.10. The number of carbonyl (C=O) groups excluding carboxylic acids is 1. The minimum atomic E-state index is -0.539. The van der Waals surface area contributed by atoms with Crippen LogP contribution in [0.1, 0.15) is 18.9 Å². The molecule has 1 unspecified atom stereocenters. The average molecular weight is 262 g/mol. The molecule has 0 heterocycles. The SMILES string of the molecule is COCCCOC(C)C(=O)Nc1cccc(C#N)c1. The minimum absolute atomic E-state index is 0.229. The van der Waals surface area contributed by atoms with Gasteiger partial charge in [0.1, 0.15) is 6.10 Å². The molecule has 0 radical (unpaired) electrons. The van der Waals surface area contributed by atoms with E-state index in [1.807, 2.05) is 6.07 Å². The zero-order valence-electron chi connectivity index (χ0n) is 11.2. The van der Waals surface area contributed by atoms with Gasteiger partial charge >= 0.3 is 0 Å². The molecule has 0 aliphatic heterocycles. The highest BCUT2D eigenvalue weighted by Gasteiger charge is 2.13. The number of carbonyl (C=O) groups is 1. The fourth-order valence-corrected chi connectivity index (χ4v) is 1.45. The van der Waals surface area contributed by atoms with E-state index in [4.69, 9.17) is 14.7 Å². The second kappa shape index (κ2) is 8.25. The van der Waals surface area contributed by atoms with Gasteiger partial charge < -0.3 is 14.8 Å². The summed E-state index contributed by atoms with van der Waals surface area (Å²) in [6.45, 7) is 2.77. The number of ether oxygens (including phenoxy) is 2. The molecule has 5 nitrogen and oxygen atoms in total. The number of anilines is 1. The molecular formula is C14H18N2O3. The third kappa shape index (κ3) is 5.51. The monoisotopic (exact) mass is 262 g/mol. The van der Waals surface area contributed by atoms with E-state index in [0.717, 1.165) is 6.42 Å². The van der Waals surface area contributed by atoms with Crippen LogP contribution in [0.5, 0.6) is 0 Å². The van der Waals surface area contributed by atoms with E-state index in [1.165, 1.54) is 0 Å². The van der Waals surface area contributed by atoms with Crippen LogP contribution in [0.3, 0.4) is 0 Å². The quantitative estimate of drug-likeness (QED) is 0.762. The van der Waals surface area contributed by atoms with Crippen molar-refractivity contribution in [1.29, 1.82) is 5.26 Å². The molecule has 0 spiro atoms. The zero-order valence-corrected chi connectivity index (χ0v) is 11.2. The second-order valence-corrected chi connectivity index (χ2v) is 4.04. The highest BCUT2D eigenvalue weighted by atomic mass is 16.5. The van der Waals surface area contributed by atoms with Gasteiger partial charge in [0.25, 0.3) is 5.91 Å². The molecule has 0 fully saturated rings. The van der Waals surface area contributed by atoms with Gasteiger partial charge in [-0.25, -0.2) is 0 Å². The van der Waals surface area contributed by atoms with E-state index >= 15 is 0 Å². The Morgan fingerprint density at radius 3 is 2.95 bits per heavy atom. The van der Waals surface area contributed by atoms with E-state index in [2.05, 4.69) is 5.32 Å². The highest BCUT2D eigenvalue weighted by molar-refractivity contribution is 5.94. The number of hydrogen-bond donors (Lipinski definition) is 1. The first-order valence-electron chi connectivity index (χ1n) is 6.09. The first kappa shape index (κ1) is 15.2. The molecule has 0 bridgehead atoms. The fraction of sp³-hybridized carbons (Fsp3) is 0.429. The van der Waals surface area contributed by atoms with Crippen molar-refractivity contribution in [3.05, 3.63) is 29.8 Å². The van der Waals surface area contributed by atoms with E-state index in [9.17, 15) is 4.79 Å². The Hall–Kier alpha value is -1.90. The molecule has 0 saturated carbocycles. The predicted octanol–water partition coefficient (Wildman–Crippen LogP) is 1.94. The first-order valence-corrected chi connectivity index (χ1v) is 6.09. The summed E-state index contributed by atoms with van der Waals surface area (Å²) < 4.78 is 10.3. The number of amides is 1. The summed E-state index contributed by atoms with van der Waals surface area (Å²) >= 11 is 0. The van der Waals surface area contributed by atoms with Crippen molar-refractivity contribution in [2.45, 2.75) is 19.4 Å². The molecule has 1 amide bonds. The standard InChI is InChI=1S/C14H18N2O3/c1-11(19-8-4-7-18-2)14(17)16-13-6-3-5-12(9-13)10-15/h3,5-6,9,11H,4,7-8H2,1-2H3,(H,16,17). The summed E-state index contributed by atoms with van der Waals surface area (Å²) in [6, 6.07) is 8.78. The molecule has 1 atom stereocenters. The van der Waals surface area contributed by atoms with Crippen LogP contribution in [0, 0.1) is 11.3 Å². The topological polar surface area (TPSA) is 71.3 Å². The summed E-state index contributed by atoms with van der Waals surface area (Å²) in [5, 5.41) is 11.5. The minimum Gasteiger partial charge on any atom is -0.385 e. The van der Waals surface area contributed by atoms with Crippen LogP contribution in [-0.2, 0) is 14.3 Å². The second-order valence-electron chi connectivity index (χ2n) is 4.04. The summed E-state index contributed by atoms with van der Waals surface area (Å²) in [5.74, 6) is -0.229. The average Bonchev–Trinajstić information content (AvgIpc) is 2.43. The third-order valence-corrected chi connectivity index (χ3v) is 2.49. The maximum atomic E-state index is 11.8. The van der Waals surface area contributed by atoms with Gasteiger partial charge in [0, 0.05) is 26.0 Å². The van der Waals surface area contributed by atoms with Gasteiger partial charge in [-0.1, -0.05) is 6.07 Å². The fourth-order valence-electron chi connectivity index (χ4n) is 1.45. The van der Waals surface area contributed by atoms with Crippen LogP contribution in [0.4, 0.5) is 5.69 Å². The van der Waals surface area contributed by atoms with Gasteiger partial charge in [-0.15, -0.1) is 0 Å². The molecule has 1 aromatic carbocycles. The Labute approximate surface area is 113 Å². The van der Waals surface area contributed by atoms with Gasteiger partial charge in [-0.2, -0.15) is 5.26 Å². The van der Waals surface area contributed by atoms with Crippen molar-refractivity contribution in [2.24, 2.45) is 0 Å². The summed E-state index contributed by atoms with van der Waals surface area (Å²) in [7, 11) is 1.62. The van der Waals surface area contributed by atoms with Crippen LogP contribution >= 0.6 is 0 Å². The number of benzene rings is 1. The maximum Gasteiger partial charge on any atom is 0.253 e. The molecule has 1 N–H and O–H groups in total. The zero-order chi connectivity index (χ0) is 14.1. The van der Waals surface area contributed by atoms with Crippen molar-refractivity contribution < 1.29 is 14.3 Å². The molecule has 0 aromatic heterocycles. The smallest absolute Gasteiger partial charge is 0.253 e. The predicted molar refractivity (Wildman–Crippen MR) is 71.7 cm³/mol. The van der Waals surface area contributed by atoms with Crippen molar-refractivity contribution in [1.82, 2.24) is 0 Å². The number of hydrogen-bond acceptors (Lipinski definition) is 4. The van der Waals surface area contributed by atoms with Crippen LogP contribution < -0.4 is 5.32 Å². The van der Waals surface area contributed by atoms with Crippen molar-refractivity contribution >= 4 is 11.6 Å². The number of nitriles is 1. The lowest BCUT2D eigenvalue weighted by atomic mass is 10.2. The Morgan fingerprint density at radius 2 is 2.26 bits per heavy atom. The molecule has 5 heteroatoms. The van der Waals surface area contributed by atoms with Gasteiger partial charge in [0.05, 0.1) is 11.6 Å². The summed E-state index contributed by atoms with van der Waals surface area (Å²) in [4.78, 5) is 11.8. The van der Waals surface area contributed by atoms with E-state index < -0.39 is 6.10 Å². The molecule has 0 aliphatic rings. The maximum absolute atomic E-state index is 11.8. The third-order valence-electron chi connectivity index (χ3n) is 2.49. The van der Waals surface area contributed by atoms with Crippen LogP contribution in [0.2, 0.25) is 0 Å². The van der Waals surface area contributed by atoms with Gasteiger partial charge in [0.15, 0.2) is 0 Å². The van der Waals surface area contributed by atoms with E-state index in [-0.39, 0.29) is 5.91 Å². The Kier molecular flexibility index (Phi) is 6.58. The number of methoxy groups -OCH3 is 1. The van der Waals surface area contributed by atoms with Crippen molar-refractivity contribution in [3.63, 3.8) is 0 Å². The molecule has 19 heavy (non-hydrogen) atoms. The van der Waals surface area contributed by atoms with Crippen LogP contribution in [0.15, 0.2) is 24.3 Å². The molecular weight excluding hydrogens is 244 g/mol. The lowest BCUT2D eigenvalue weighted by Gasteiger charge is -2.13. The summed E-state index contributed by atoms with van der Waals surface area (Å²) in [5.41, 5.74) is 1.10. The van der Waals surface area contributed by atoms with Crippen LogP contribution in [0.25, 0.3) is 0 Å². The molecule has 0 saturated heterocycles. The lowest BCUT2D eigenvalue weighted by Crippen LogP contribution is -2.28. The summed E-state index contributed by atoms with van der Waals surface area (Å²) in [6.07, 6.45) is 0.209. The van der Waals surface area contributed by atoms with Gasteiger partial charge in [-0.05, 0) is 31.5 Å². The molecule has 0 aliphatic carbocycles. The molecule has 1 rings (SSSR count). The van der Waals surface area contributed by atoms with Gasteiger partial charge in [0.2, 0.25) is 0 Å². The van der Waals surface area contributed by atoms with Crippen molar-refractivity contribution in [3.8, 4) is 6.07 Å². The lowest BCUT2D eigenvalue weighted by molar-refractivity contribution is -0.126. The number of nitrogens with one attached hydrogen (secondary N) is 1. The Bertz CT molecular complexity index is 454. The molecule has 1 aromatic rings. The molecule has 102 valence electrons. The van der Waals surface area contributed by atoms with Crippen molar-refractivity contribution in [2.75, 3.05) is 25.6 Å². The van der Waals surface area contributed by atoms with E-state index in [1.54, 1.807) is 38.3 Å². The number of nitrogens with zero attached hydrogens (tertiary/aromatic N) is 1. The normalized spacial score (nSPS) is 11.6. The first-order chi connectivity index (χ1) is 9.17.